The van der Waals surface area contributed by atoms with Crippen LogP contribution in [0.1, 0.15) is 49.1 Å². The molecule has 2 aromatic carbocycles. The molecule has 1 aliphatic rings. The maximum atomic E-state index is 12.8. The summed E-state index contributed by atoms with van der Waals surface area (Å²) in [5, 5.41) is 2.61. The van der Waals surface area contributed by atoms with E-state index >= 15 is 0 Å². The van der Waals surface area contributed by atoms with Crippen molar-refractivity contribution in [2.45, 2.75) is 13.0 Å². The standard InChI is InChI=1S/C23H15BrN2O5/c1-12(31-23(30)13-8-14(24)11-25-10-13)22(29)26-15-6-7-18-19(9-15)21(28)17-5-3-2-4-16(17)20(18)27/h2-12H,1H3,(H,26,29). The molecule has 1 N–H and O–H groups in total. The Morgan fingerprint density at radius 1 is 0.935 bits per heavy atom. The Balaban J connectivity index is 1.50. The second kappa shape index (κ2) is 8.23. The number of benzene rings is 2. The minimum atomic E-state index is -1.10. The van der Waals surface area contributed by atoms with Crippen LogP contribution in [0.5, 0.6) is 0 Å². The molecule has 1 unspecified atom stereocenters. The third kappa shape index (κ3) is 4.02. The zero-order valence-corrected chi connectivity index (χ0v) is 17.8. The van der Waals surface area contributed by atoms with Crippen LogP contribution in [0.15, 0.2) is 65.4 Å². The van der Waals surface area contributed by atoms with Crippen molar-refractivity contribution in [3.63, 3.8) is 0 Å². The zero-order valence-electron chi connectivity index (χ0n) is 16.2. The Labute approximate surface area is 185 Å². The highest BCUT2D eigenvalue weighted by Crippen LogP contribution is 2.29. The largest absolute Gasteiger partial charge is 0.449 e. The van der Waals surface area contributed by atoms with Crippen molar-refractivity contribution in [2.24, 2.45) is 0 Å². The average molecular weight is 479 g/mol. The van der Waals surface area contributed by atoms with Gasteiger partial charge in [-0.1, -0.05) is 24.3 Å². The van der Waals surface area contributed by atoms with E-state index in [-0.39, 0.29) is 28.3 Å². The molecule has 1 aliphatic carbocycles. The van der Waals surface area contributed by atoms with Crippen molar-refractivity contribution in [1.29, 1.82) is 0 Å². The number of ketones is 2. The molecule has 0 spiro atoms. The third-order valence-electron chi connectivity index (χ3n) is 4.79. The molecule has 1 aromatic heterocycles. The second-order valence-corrected chi connectivity index (χ2v) is 7.81. The van der Waals surface area contributed by atoms with Crippen molar-refractivity contribution in [2.75, 3.05) is 5.32 Å². The number of pyridine rings is 1. The zero-order chi connectivity index (χ0) is 22.1. The van der Waals surface area contributed by atoms with E-state index in [1.54, 1.807) is 24.3 Å². The van der Waals surface area contributed by atoms with Gasteiger partial charge < -0.3 is 10.1 Å². The summed E-state index contributed by atoms with van der Waals surface area (Å²) >= 11 is 3.22. The lowest BCUT2D eigenvalue weighted by Crippen LogP contribution is -2.30. The first-order chi connectivity index (χ1) is 14.8. The summed E-state index contributed by atoms with van der Waals surface area (Å²) in [6.45, 7) is 1.43. The highest BCUT2D eigenvalue weighted by molar-refractivity contribution is 9.10. The molecule has 154 valence electrons. The van der Waals surface area contributed by atoms with Crippen LogP contribution in [0.3, 0.4) is 0 Å². The van der Waals surface area contributed by atoms with Crippen LogP contribution in [0, 0.1) is 0 Å². The van der Waals surface area contributed by atoms with Gasteiger partial charge in [-0.25, -0.2) is 4.79 Å². The van der Waals surface area contributed by atoms with E-state index in [1.807, 2.05) is 0 Å². The topological polar surface area (TPSA) is 102 Å². The number of ether oxygens (including phenoxy) is 1. The van der Waals surface area contributed by atoms with E-state index in [4.69, 9.17) is 4.74 Å². The van der Waals surface area contributed by atoms with E-state index in [9.17, 15) is 19.2 Å². The van der Waals surface area contributed by atoms with Crippen LogP contribution in [0.25, 0.3) is 0 Å². The molecule has 0 radical (unpaired) electrons. The first-order valence-corrected chi connectivity index (χ1v) is 10.1. The van der Waals surface area contributed by atoms with Crippen molar-refractivity contribution in [3.8, 4) is 0 Å². The van der Waals surface area contributed by atoms with E-state index in [0.29, 0.717) is 21.3 Å². The molecule has 0 saturated heterocycles. The van der Waals surface area contributed by atoms with Gasteiger partial charge >= 0.3 is 5.97 Å². The lowest BCUT2D eigenvalue weighted by molar-refractivity contribution is -0.123. The Hall–Kier alpha value is -3.65. The van der Waals surface area contributed by atoms with Gasteiger partial charge in [0.25, 0.3) is 5.91 Å². The number of carbonyl (C=O) groups excluding carboxylic acids is 4. The van der Waals surface area contributed by atoms with Gasteiger partial charge in [0.2, 0.25) is 0 Å². The first-order valence-electron chi connectivity index (χ1n) is 9.30. The molecular formula is C23H15BrN2O5. The fraction of sp³-hybridized carbons (Fsp3) is 0.0870. The summed E-state index contributed by atoms with van der Waals surface area (Å²) < 4.78 is 5.80. The quantitative estimate of drug-likeness (QED) is 0.447. The molecule has 31 heavy (non-hydrogen) atoms. The van der Waals surface area contributed by atoms with Crippen molar-refractivity contribution in [3.05, 3.63) is 93.2 Å². The molecule has 3 aromatic rings. The summed E-state index contributed by atoms with van der Waals surface area (Å²) in [7, 11) is 0. The molecule has 1 amide bonds. The summed E-state index contributed by atoms with van der Waals surface area (Å²) in [5.41, 5.74) is 1.70. The number of hydrogen-bond donors (Lipinski definition) is 1. The van der Waals surface area contributed by atoms with Gasteiger partial charge in [-0.3, -0.25) is 19.4 Å². The monoisotopic (exact) mass is 478 g/mol. The number of carbonyl (C=O) groups is 4. The number of aromatic nitrogens is 1. The number of rotatable bonds is 4. The summed E-state index contributed by atoms with van der Waals surface area (Å²) in [6.07, 6.45) is 1.76. The van der Waals surface area contributed by atoms with Crippen LogP contribution < -0.4 is 5.32 Å². The Bertz CT molecular complexity index is 1250. The predicted octanol–water partition coefficient (Wildman–Crippen LogP) is 3.80. The molecule has 7 nitrogen and oxygen atoms in total. The van der Waals surface area contributed by atoms with Gasteiger partial charge in [-0.2, -0.15) is 0 Å². The number of nitrogens with zero attached hydrogens (tertiary/aromatic N) is 1. The molecule has 0 bridgehead atoms. The number of amides is 1. The molecule has 8 heteroatoms. The normalized spacial score (nSPS) is 13.1. The number of esters is 1. The minimum Gasteiger partial charge on any atom is -0.449 e. The van der Waals surface area contributed by atoms with Crippen LogP contribution in [-0.2, 0) is 9.53 Å². The molecule has 0 saturated carbocycles. The van der Waals surface area contributed by atoms with Gasteiger partial charge in [-0.15, -0.1) is 0 Å². The number of halogens is 1. The fourth-order valence-electron chi connectivity index (χ4n) is 3.23. The molecule has 1 atom stereocenters. The number of fused-ring (bicyclic) bond motifs is 2. The highest BCUT2D eigenvalue weighted by atomic mass is 79.9. The number of anilines is 1. The van der Waals surface area contributed by atoms with Crippen molar-refractivity contribution < 1.29 is 23.9 Å². The Morgan fingerprint density at radius 2 is 1.58 bits per heavy atom. The maximum Gasteiger partial charge on any atom is 0.340 e. The summed E-state index contributed by atoms with van der Waals surface area (Å²) in [4.78, 5) is 54.1. The maximum absolute atomic E-state index is 12.8. The van der Waals surface area contributed by atoms with Gasteiger partial charge in [0.05, 0.1) is 5.56 Å². The number of hydrogen-bond acceptors (Lipinski definition) is 6. The van der Waals surface area contributed by atoms with Crippen LogP contribution in [0.2, 0.25) is 0 Å². The van der Waals surface area contributed by atoms with Gasteiger partial charge in [-0.05, 0) is 47.1 Å². The SMILES string of the molecule is CC(OC(=O)c1cncc(Br)c1)C(=O)Nc1ccc2c(c1)C(=O)c1ccccc1C2=O. The lowest BCUT2D eigenvalue weighted by Gasteiger charge is -2.19. The fourth-order valence-corrected chi connectivity index (χ4v) is 3.59. The third-order valence-corrected chi connectivity index (χ3v) is 5.22. The van der Waals surface area contributed by atoms with Crippen molar-refractivity contribution >= 4 is 45.1 Å². The van der Waals surface area contributed by atoms with E-state index in [1.165, 1.54) is 43.6 Å². The van der Waals surface area contributed by atoms with Gasteiger partial charge in [0.15, 0.2) is 17.7 Å². The van der Waals surface area contributed by atoms with Crippen LogP contribution in [0.4, 0.5) is 5.69 Å². The minimum absolute atomic E-state index is 0.200. The first kappa shape index (κ1) is 20.6. The van der Waals surface area contributed by atoms with E-state index in [0.717, 1.165) is 0 Å². The average Bonchev–Trinajstić information content (AvgIpc) is 2.77. The Morgan fingerprint density at radius 3 is 2.26 bits per heavy atom. The molecule has 4 rings (SSSR count). The van der Waals surface area contributed by atoms with Crippen LogP contribution >= 0.6 is 15.9 Å². The van der Waals surface area contributed by atoms with Gasteiger partial charge in [0, 0.05) is 44.8 Å². The second-order valence-electron chi connectivity index (χ2n) is 6.89. The highest BCUT2D eigenvalue weighted by Gasteiger charge is 2.29. The van der Waals surface area contributed by atoms with E-state index < -0.39 is 18.0 Å². The van der Waals surface area contributed by atoms with Crippen molar-refractivity contribution in [1.82, 2.24) is 4.98 Å². The molecule has 0 fully saturated rings. The molecule has 0 aliphatic heterocycles. The van der Waals surface area contributed by atoms with E-state index in [2.05, 4.69) is 26.2 Å². The Kier molecular flexibility index (Phi) is 5.48. The smallest absolute Gasteiger partial charge is 0.340 e. The van der Waals surface area contributed by atoms with Gasteiger partial charge in [0.1, 0.15) is 0 Å². The molecular weight excluding hydrogens is 464 g/mol. The lowest BCUT2D eigenvalue weighted by atomic mass is 9.84. The van der Waals surface area contributed by atoms with Crippen LogP contribution in [-0.4, -0.2) is 34.5 Å². The summed E-state index contributed by atoms with van der Waals surface area (Å²) in [5.74, 6) is -1.80. The molecule has 1 heterocycles. The number of nitrogens with one attached hydrogen (secondary N) is 1. The predicted molar refractivity (Wildman–Crippen MR) is 115 cm³/mol. The summed E-state index contributed by atoms with van der Waals surface area (Å²) in [6, 6.07) is 12.6.